The van der Waals surface area contributed by atoms with Gasteiger partial charge in [-0.1, -0.05) is 11.6 Å². The first kappa shape index (κ1) is 20.8. The van der Waals surface area contributed by atoms with Crippen molar-refractivity contribution in [2.24, 2.45) is 0 Å². The number of anilines is 2. The van der Waals surface area contributed by atoms with Gasteiger partial charge in [-0.2, -0.15) is 0 Å². The fraction of sp³-hybridized carbons (Fsp3) is 0.727. The number of hydrogen-bond donors (Lipinski definition) is 2. The van der Waals surface area contributed by atoms with Crippen molar-refractivity contribution in [1.82, 2.24) is 4.90 Å². The zero-order valence-electron chi connectivity index (χ0n) is 17.4. The molecule has 1 aliphatic carbocycles. The SMILES string of the molecule is CCOC1CCC(C)(N2CCC(Nc3cc(C)c(Cl)cc3NC)CC2)CC1. The highest BCUT2D eigenvalue weighted by Gasteiger charge is 2.38. The molecular formula is C22H36ClN3O. The van der Waals surface area contributed by atoms with E-state index in [9.17, 15) is 0 Å². The summed E-state index contributed by atoms with van der Waals surface area (Å²) in [5, 5.41) is 7.84. The third kappa shape index (κ3) is 4.90. The zero-order valence-corrected chi connectivity index (χ0v) is 18.2. The number of benzene rings is 1. The van der Waals surface area contributed by atoms with Gasteiger partial charge in [0.15, 0.2) is 0 Å². The number of rotatable bonds is 6. The topological polar surface area (TPSA) is 36.5 Å². The fourth-order valence-electron chi connectivity index (χ4n) is 4.72. The van der Waals surface area contributed by atoms with Gasteiger partial charge in [-0.25, -0.2) is 0 Å². The largest absolute Gasteiger partial charge is 0.386 e. The minimum Gasteiger partial charge on any atom is -0.386 e. The Labute approximate surface area is 170 Å². The Balaban J connectivity index is 1.54. The number of nitrogens with one attached hydrogen (secondary N) is 2. The normalized spacial score (nSPS) is 27.5. The van der Waals surface area contributed by atoms with Crippen molar-refractivity contribution < 1.29 is 4.74 Å². The molecule has 152 valence electrons. The van der Waals surface area contributed by atoms with E-state index >= 15 is 0 Å². The second kappa shape index (κ2) is 9.02. The van der Waals surface area contributed by atoms with Gasteiger partial charge >= 0.3 is 0 Å². The summed E-state index contributed by atoms with van der Waals surface area (Å²) in [7, 11) is 1.95. The number of aryl methyl sites for hydroxylation is 1. The van der Waals surface area contributed by atoms with E-state index in [-0.39, 0.29) is 0 Å². The third-order valence-corrected chi connectivity index (χ3v) is 7.01. The highest BCUT2D eigenvalue weighted by atomic mass is 35.5. The lowest BCUT2D eigenvalue weighted by Gasteiger charge is -2.48. The molecule has 1 heterocycles. The Hall–Kier alpha value is -0.970. The summed E-state index contributed by atoms with van der Waals surface area (Å²) in [4.78, 5) is 2.74. The summed E-state index contributed by atoms with van der Waals surface area (Å²) < 4.78 is 5.84. The van der Waals surface area contributed by atoms with Crippen molar-refractivity contribution in [3.8, 4) is 0 Å². The Morgan fingerprint density at radius 1 is 1.15 bits per heavy atom. The lowest BCUT2D eigenvalue weighted by molar-refractivity contribution is -0.0242. The van der Waals surface area contributed by atoms with Gasteiger partial charge < -0.3 is 15.4 Å². The summed E-state index contributed by atoms with van der Waals surface area (Å²) in [6, 6.07) is 4.71. The van der Waals surface area contributed by atoms with Crippen LogP contribution in [0.3, 0.4) is 0 Å². The highest BCUT2D eigenvalue weighted by molar-refractivity contribution is 6.31. The summed E-state index contributed by atoms with van der Waals surface area (Å²) >= 11 is 6.27. The van der Waals surface area contributed by atoms with E-state index in [1.807, 2.05) is 13.1 Å². The van der Waals surface area contributed by atoms with Gasteiger partial charge in [-0.05, 0) is 77.0 Å². The maximum atomic E-state index is 6.27. The molecule has 4 nitrogen and oxygen atoms in total. The molecule has 1 saturated carbocycles. The van der Waals surface area contributed by atoms with Gasteiger partial charge in [-0.3, -0.25) is 4.90 Å². The maximum Gasteiger partial charge on any atom is 0.0588 e. The molecule has 1 saturated heterocycles. The molecule has 0 bridgehead atoms. The highest BCUT2D eigenvalue weighted by Crippen LogP contribution is 2.37. The number of likely N-dealkylation sites (tertiary alicyclic amines) is 1. The van der Waals surface area contributed by atoms with Crippen LogP contribution in [0, 0.1) is 6.92 Å². The van der Waals surface area contributed by atoms with Gasteiger partial charge in [0.05, 0.1) is 17.5 Å². The van der Waals surface area contributed by atoms with Crippen molar-refractivity contribution in [1.29, 1.82) is 0 Å². The summed E-state index contributed by atoms with van der Waals surface area (Å²) in [6.07, 6.45) is 7.79. The van der Waals surface area contributed by atoms with Gasteiger partial charge in [0.2, 0.25) is 0 Å². The predicted octanol–water partition coefficient (Wildman–Crippen LogP) is 5.30. The van der Waals surface area contributed by atoms with Crippen molar-refractivity contribution in [2.45, 2.75) is 77.0 Å². The number of nitrogens with zero attached hydrogens (tertiary/aromatic N) is 1. The molecule has 0 spiro atoms. The second-order valence-electron chi connectivity index (χ2n) is 8.45. The number of hydrogen-bond acceptors (Lipinski definition) is 4. The van der Waals surface area contributed by atoms with E-state index in [0.717, 1.165) is 22.9 Å². The number of halogens is 1. The standard InChI is InChI=1S/C22H36ClN3O/c1-5-27-18-6-10-22(3,11-7-18)26-12-8-17(9-13-26)25-21-14-16(2)19(23)15-20(21)24-4/h14-15,17-18,24-25H,5-13H2,1-4H3. The Morgan fingerprint density at radius 2 is 1.81 bits per heavy atom. The van der Waals surface area contributed by atoms with E-state index in [4.69, 9.17) is 16.3 Å². The van der Waals surface area contributed by atoms with Gasteiger partial charge in [0.1, 0.15) is 0 Å². The number of piperidine rings is 1. The molecule has 2 fully saturated rings. The molecule has 0 amide bonds. The zero-order chi connectivity index (χ0) is 19.4. The summed E-state index contributed by atoms with van der Waals surface area (Å²) in [5.74, 6) is 0. The van der Waals surface area contributed by atoms with E-state index in [0.29, 0.717) is 17.7 Å². The smallest absolute Gasteiger partial charge is 0.0588 e. The third-order valence-electron chi connectivity index (χ3n) is 6.60. The Kier molecular flexibility index (Phi) is 6.93. The van der Waals surface area contributed by atoms with Crippen LogP contribution in [0.15, 0.2) is 12.1 Å². The van der Waals surface area contributed by atoms with Gasteiger partial charge in [-0.15, -0.1) is 0 Å². The molecule has 3 rings (SSSR count). The van der Waals surface area contributed by atoms with Crippen LogP contribution in [-0.4, -0.2) is 49.3 Å². The molecule has 1 aliphatic heterocycles. The average Bonchev–Trinajstić information content (AvgIpc) is 2.67. The molecule has 0 unspecified atom stereocenters. The molecule has 2 N–H and O–H groups in total. The number of ether oxygens (including phenoxy) is 1. The molecule has 1 aromatic carbocycles. The first-order chi connectivity index (χ1) is 12.9. The quantitative estimate of drug-likeness (QED) is 0.687. The van der Waals surface area contributed by atoms with Crippen molar-refractivity contribution in [2.75, 3.05) is 37.4 Å². The van der Waals surface area contributed by atoms with E-state index in [1.54, 1.807) is 0 Å². The first-order valence-corrected chi connectivity index (χ1v) is 10.9. The summed E-state index contributed by atoms with van der Waals surface area (Å²) in [5.41, 5.74) is 3.72. The lowest BCUT2D eigenvalue weighted by atomic mass is 9.79. The van der Waals surface area contributed by atoms with Crippen LogP contribution in [0.4, 0.5) is 11.4 Å². The second-order valence-corrected chi connectivity index (χ2v) is 8.86. The van der Waals surface area contributed by atoms with Crippen molar-refractivity contribution in [3.63, 3.8) is 0 Å². The van der Waals surface area contributed by atoms with Gasteiger partial charge in [0.25, 0.3) is 0 Å². The summed E-state index contributed by atoms with van der Waals surface area (Å²) in [6.45, 7) is 9.83. The van der Waals surface area contributed by atoms with Crippen LogP contribution in [0.25, 0.3) is 0 Å². The maximum absolute atomic E-state index is 6.27. The monoisotopic (exact) mass is 393 g/mol. The minimum absolute atomic E-state index is 0.353. The van der Waals surface area contributed by atoms with E-state index in [1.165, 1.54) is 57.3 Å². The van der Waals surface area contributed by atoms with E-state index < -0.39 is 0 Å². The Morgan fingerprint density at radius 3 is 2.41 bits per heavy atom. The molecule has 2 aliphatic rings. The van der Waals surface area contributed by atoms with Crippen LogP contribution in [0.5, 0.6) is 0 Å². The van der Waals surface area contributed by atoms with Crippen LogP contribution in [0.1, 0.15) is 57.9 Å². The first-order valence-electron chi connectivity index (χ1n) is 10.6. The van der Waals surface area contributed by atoms with E-state index in [2.05, 4.69) is 42.4 Å². The average molecular weight is 394 g/mol. The molecule has 0 radical (unpaired) electrons. The molecule has 0 atom stereocenters. The lowest BCUT2D eigenvalue weighted by Crippen LogP contribution is -2.53. The molecule has 5 heteroatoms. The van der Waals surface area contributed by atoms with Gasteiger partial charge in [0, 0.05) is 43.3 Å². The van der Waals surface area contributed by atoms with Crippen LogP contribution >= 0.6 is 11.6 Å². The fourth-order valence-corrected chi connectivity index (χ4v) is 4.89. The van der Waals surface area contributed by atoms with Crippen molar-refractivity contribution in [3.05, 3.63) is 22.7 Å². The van der Waals surface area contributed by atoms with Crippen molar-refractivity contribution >= 4 is 23.0 Å². The molecule has 1 aromatic rings. The van der Waals surface area contributed by atoms with Crippen LogP contribution in [0.2, 0.25) is 5.02 Å². The van der Waals surface area contributed by atoms with Crippen LogP contribution in [-0.2, 0) is 4.74 Å². The predicted molar refractivity (Wildman–Crippen MR) is 116 cm³/mol. The molecular weight excluding hydrogens is 358 g/mol. The molecule has 0 aromatic heterocycles. The molecule has 27 heavy (non-hydrogen) atoms. The Bertz CT molecular complexity index is 620. The van der Waals surface area contributed by atoms with Crippen LogP contribution < -0.4 is 10.6 Å². The minimum atomic E-state index is 0.353.